The van der Waals surface area contributed by atoms with Crippen molar-refractivity contribution >= 4 is 60.6 Å². The number of amidine groups is 2. The van der Waals surface area contributed by atoms with Gasteiger partial charge in [-0.05, 0) is 61.5 Å². The number of amides is 1. The van der Waals surface area contributed by atoms with E-state index in [1.54, 1.807) is 6.07 Å². The van der Waals surface area contributed by atoms with Gasteiger partial charge < -0.3 is 4.57 Å². The second-order valence-electron chi connectivity index (χ2n) is 6.92. The molecular weight excluding hydrogens is 465 g/mol. The number of halogens is 2. The zero-order valence-electron chi connectivity index (χ0n) is 16.5. The van der Waals surface area contributed by atoms with Crippen LogP contribution in [-0.4, -0.2) is 45.5 Å². The molecular formula is C19H15ClFN5O3S2. The number of carbonyl (C=O) groups is 1. The first kappa shape index (κ1) is 21.5. The Hall–Kier alpha value is -2.76. The van der Waals surface area contributed by atoms with Crippen LogP contribution in [-0.2, 0) is 14.6 Å². The van der Waals surface area contributed by atoms with Crippen LogP contribution < -0.4 is 0 Å². The van der Waals surface area contributed by atoms with E-state index in [-0.39, 0.29) is 26.0 Å². The summed E-state index contributed by atoms with van der Waals surface area (Å²) >= 11 is 6.64. The van der Waals surface area contributed by atoms with Gasteiger partial charge in [0, 0.05) is 23.3 Å². The number of thioether (sulfide) groups is 1. The van der Waals surface area contributed by atoms with Crippen LogP contribution in [0.5, 0.6) is 0 Å². The van der Waals surface area contributed by atoms with Gasteiger partial charge in [-0.1, -0.05) is 11.6 Å². The molecule has 2 aliphatic rings. The summed E-state index contributed by atoms with van der Waals surface area (Å²) in [5, 5.41) is 13.3. The maximum Gasteiger partial charge on any atom is 0.283 e. The summed E-state index contributed by atoms with van der Waals surface area (Å²) in [6.07, 6.45) is 2.50. The average Bonchev–Trinajstić information content (AvgIpc) is 3.22. The number of benzene rings is 1. The lowest BCUT2D eigenvalue weighted by Gasteiger charge is -2.20. The minimum absolute atomic E-state index is 0.0120. The summed E-state index contributed by atoms with van der Waals surface area (Å²) in [6, 6.07) is 6.17. The van der Waals surface area contributed by atoms with Crippen molar-refractivity contribution < 1.29 is 17.6 Å². The first-order chi connectivity index (χ1) is 14.5. The number of fused-ring (bicyclic) bond motifs is 1. The number of hydrogen-bond donors (Lipinski definition) is 1. The third-order valence-corrected chi connectivity index (χ3v) is 7.55. The summed E-state index contributed by atoms with van der Waals surface area (Å²) in [7, 11) is -3.60. The molecule has 0 unspecified atom stereocenters. The fraction of sp³-hybridized carbons (Fsp3) is 0.158. The van der Waals surface area contributed by atoms with Gasteiger partial charge >= 0.3 is 0 Å². The van der Waals surface area contributed by atoms with Crippen LogP contribution in [0.15, 0.2) is 39.9 Å². The molecule has 160 valence electrons. The monoisotopic (exact) mass is 479 g/mol. The summed E-state index contributed by atoms with van der Waals surface area (Å²) in [5.41, 5.74) is 2.80. The number of carbonyl (C=O) groups excluding carboxylic acids is 1. The third-order valence-electron chi connectivity index (χ3n) is 4.68. The van der Waals surface area contributed by atoms with Gasteiger partial charge in [0.1, 0.15) is 5.82 Å². The predicted octanol–water partition coefficient (Wildman–Crippen LogP) is 3.51. The molecule has 31 heavy (non-hydrogen) atoms. The van der Waals surface area contributed by atoms with Crippen molar-refractivity contribution in [3.05, 3.63) is 57.6 Å². The largest absolute Gasteiger partial charge is 0.318 e. The number of aromatic nitrogens is 1. The molecule has 0 fully saturated rings. The number of nitrogens with one attached hydrogen (secondary N) is 1. The number of sulfone groups is 1. The fourth-order valence-electron chi connectivity index (χ4n) is 3.24. The van der Waals surface area contributed by atoms with E-state index in [0.717, 1.165) is 34.4 Å². The van der Waals surface area contributed by atoms with E-state index in [9.17, 15) is 17.6 Å². The average molecular weight is 480 g/mol. The van der Waals surface area contributed by atoms with Gasteiger partial charge in [-0.3, -0.25) is 10.2 Å². The lowest BCUT2D eigenvalue weighted by Crippen LogP contribution is -2.35. The second kappa shape index (κ2) is 7.43. The van der Waals surface area contributed by atoms with Gasteiger partial charge in [0.2, 0.25) is 19.4 Å². The Bertz CT molecular complexity index is 1380. The van der Waals surface area contributed by atoms with E-state index in [0.29, 0.717) is 11.3 Å². The smallest absolute Gasteiger partial charge is 0.283 e. The highest BCUT2D eigenvalue weighted by molar-refractivity contribution is 8.42. The zero-order chi connectivity index (χ0) is 22.7. The van der Waals surface area contributed by atoms with Gasteiger partial charge in [0.25, 0.3) is 5.91 Å². The molecule has 0 radical (unpaired) electrons. The van der Waals surface area contributed by atoms with Crippen molar-refractivity contribution in [3.63, 3.8) is 0 Å². The number of nitrogens with zero attached hydrogens (tertiary/aromatic N) is 4. The van der Waals surface area contributed by atoms with Crippen molar-refractivity contribution in [2.75, 3.05) is 6.26 Å². The Balaban J connectivity index is 1.76. The van der Waals surface area contributed by atoms with Crippen molar-refractivity contribution in [2.24, 2.45) is 10.1 Å². The van der Waals surface area contributed by atoms with Crippen LogP contribution in [0.3, 0.4) is 0 Å². The molecule has 1 aromatic carbocycles. The number of aliphatic imine (C=N–C) groups is 1. The molecule has 0 spiro atoms. The van der Waals surface area contributed by atoms with E-state index in [4.69, 9.17) is 17.0 Å². The predicted molar refractivity (Wildman–Crippen MR) is 120 cm³/mol. The van der Waals surface area contributed by atoms with E-state index in [1.165, 1.54) is 18.2 Å². The van der Waals surface area contributed by atoms with E-state index in [2.05, 4.69) is 10.1 Å². The Morgan fingerprint density at radius 1 is 1.26 bits per heavy atom. The molecule has 1 aromatic heterocycles. The highest BCUT2D eigenvalue weighted by Gasteiger charge is 2.38. The molecule has 1 N–H and O–H groups in total. The lowest BCUT2D eigenvalue weighted by molar-refractivity contribution is -0.114. The molecule has 0 saturated heterocycles. The molecule has 1 amide bonds. The second-order valence-corrected chi connectivity index (χ2v) is 10.5. The van der Waals surface area contributed by atoms with Gasteiger partial charge in [-0.25, -0.2) is 12.8 Å². The maximum atomic E-state index is 13.5. The number of hydrogen-bond acceptors (Lipinski definition) is 6. The standard InChI is InChI=1S/C19H15ClFN5O3S2/c1-9-6-11(10(2)25(9)12-4-5-15(21)14(20)8-12)7-13-16(22)26-18(23-17(13)27)30-19(24-26)31(3,28)29/h4-8,22H,1-3H3/b13-7-,22-16?. The van der Waals surface area contributed by atoms with E-state index >= 15 is 0 Å². The van der Waals surface area contributed by atoms with Gasteiger partial charge in [0.05, 0.1) is 10.6 Å². The zero-order valence-corrected chi connectivity index (χ0v) is 18.9. The minimum atomic E-state index is -3.60. The van der Waals surface area contributed by atoms with Crippen molar-refractivity contribution in [2.45, 2.75) is 13.8 Å². The molecule has 0 atom stereocenters. The molecule has 12 heteroatoms. The SMILES string of the molecule is Cc1cc(/C=C2/C(=N)N3N=C(S(C)(=O)=O)SC3=NC2=O)c(C)n1-c1ccc(F)c(Cl)c1. The summed E-state index contributed by atoms with van der Waals surface area (Å²) in [6.45, 7) is 3.66. The fourth-order valence-corrected chi connectivity index (χ4v) is 5.09. The van der Waals surface area contributed by atoms with Gasteiger partial charge in [0.15, 0.2) is 5.84 Å². The van der Waals surface area contributed by atoms with Crippen LogP contribution in [0.25, 0.3) is 11.8 Å². The molecule has 2 aliphatic heterocycles. The first-order valence-electron chi connectivity index (χ1n) is 8.82. The molecule has 4 rings (SSSR count). The van der Waals surface area contributed by atoms with Crippen LogP contribution in [0.4, 0.5) is 4.39 Å². The highest BCUT2D eigenvalue weighted by Crippen LogP contribution is 2.31. The number of rotatable bonds is 2. The number of aryl methyl sites for hydroxylation is 1. The topological polar surface area (TPSA) is 108 Å². The van der Waals surface area contributed by atoms with Crippen LogP contribution in [0.2, 0.25) is 5.02 Å². The van der Waals surface area contributed by atoms with E-state index in [1.807, 2.05) is 24.5 Å². The molecule has 8 nitrogen and oxygen atoms in total. The van der Waals surface area contributed by atoms with Crippen molar-refractivity contribution in [1.29, 1.82) is 5.41 Å². The molecule has 3 heterocycles. The molecule has 2 aromatic rings. The first-order valence-corrected chi connectivity index (χ1v) is 11.9. The normalized spacial score (nSPS) is 17.8. The number of hydrazone groups is 1. The Morgan fingerprint density at radius 3 is 2.61 bits per heavy atom. The Labute approximate surface area is 186 Å². The maximum absolute atomic E-state index is 13.5. The van der Waals surface area contributed by atoms with Gasteiger partial charge in [-0.15, -0.1) is 5.10 Å². The van der Waals surface area contributed by atoms with E-state index < -0.39 is 21.6 Å². The quantitative estimate of drug-likeness (QED) is 0.663. The molecule has 0 bridgehead atoms. The Kier molecular flexibility index (Phi) is 5.15. The summed E-state index contributed by atoms with van der Waals surface area (Å²) in [5.74, 6) is -1.46. The summed E-state index contributed by atoms with van der Waals surface area (Å²) < 4.78 is 38.7. The Morgan fingerprint density at radius 2 is 1.97 bits per heavy atom. The van der Waals surface area contributed by atoms with Crippen molar-refractivity contribution in [3.8, 4) is 5.69 Å². The van der Waals surface area contributed by atoms with Crippen LogP contribution >= 0.6 is 23.4 Å². The third kappa shape index (κ3) is 3.73. The highest BCUT2D eigenvalue weighted by atomic mass is 35.5. The molecule has 0 aliphatic carbocycles. The van der Waals surface area contributed by atoms with Crippen molar-refractivity contribution in [1.82, 2.24) is 9.58 Å². The van der Waals surface area contributed by atoms with Crippen LogP contribution in [0, 0.1) is 25.1 Å². The van der Waals surface area contributed by atoms with Gasteiger partial charge in [-0.2, -0.15) is 10.0 Å². The molecule has 0 saturated carbocycles. The summed E-state index contributed by atoms with van der Waals surface area (Å²) in [4.78, 5) is 16.4. The lowest BCUT2D eigenvalue weighted by atomic mass is 10.1. The van der Waals surface area contributed by atoms with Crippen LogP contribution in [0.1, 0.15) is 17.0 Å². The minimum Gasteiger partial charge on any atom is -0.318 e.